The molecule has 0 aromatic carbocycles. The lowest BCUT2D eigenvalue weighted by Gasteiger charge is -2.58. The van der Waals surface area contributed by atoms with Crippen LogP contribution in [0.2, 0.25) is 0 Å². The van der Waals surface area contributed by atoms with Crippen LogP contribution in [0, 0.1) is 40.4 Å². The van der Waals surface area contributed by atoms with E-state index in [1.807, 2.05) is 0 Å². The predicted molar refractivity (Wildman–Crippen MR) is 116 cm³/mol. The van der Waals surface area contributed by atoms with Gasteiger partial charge in [0.1, 0.15) is 0 Å². The molecule has 5 aliphatic rings. The van der Waals surface area contributed by atoms with Crippen LogP contribution in [-0.4, -0.2) is 35.7 Å². The van der Waals surface area contributed by atoms with Crippen LogP contribution in [0.25, 0.3) is 0 Å². The Morgan fingerprint density at radius 1 is 1.07 bits per heavy atom. The molecule has 1 saturated heterocycles. The first-order chi connectivity index (χ1) is 13.4. The summed E-state index contributed by atoms with van der Waals surface area (Å²) < 4.78 is 0. The molecule has 0 radical (unpaired) electrons. The van der Waals surface area contributed by atoms with E-state index in [1.165, 1.54) is 71.0 Å². The van der Waals surface area contributed by atoms with Gasteiger partial charge in [0, 0.05) is 6.54 Å². The van der Waals surface area contributed by atoms with Crippen LogP contribution in [0.1, 0.15) is 85.0 Å². The van der Waals surface area contributed by atoms with Crippen molar-refractivity contribution in [3.05, 3.63) is 11.6 Å². The molecule has 4 aliphatic carbocycles. The maximum Gasteiger partial charge on any atom is 0.0577 e. The fraction of sp³-hybridized carbons (Fsp3) is 0.923. The van der Waals surface area contributed by atoms with Crippen LogP contribution in [0.3, 0.4) is 0 Å². The molecule has 3 saturated carbocycles. The molecular formula is C26H43NO. The van der Waals surface area contributed by atoms with Gasteiger partial charge in [0.2, 0.25) is 0 Å². The first kappa shape index (κ1) is 19.6. The average molecular weight is 386 g/mol. The third kappa shape index (κ3) is 2.96. The molecule has 2 nitrogen and oxygen atoms in total. The lowest BCUT2D eigenvalue weighted by molar-refractivity contribution is -0.0581. The summed E-state index contributed by atoms with van der Waals surface area (Å²) in [5.74, 6) is 4.53. The van der Waals surface area contributed by atoms with E-state index in [1.54, 1.807) is 5.57 Å². The summed E-state index contributed by atoms with van der Waals surface area (Å²) in [4.78, 5) is 2.75. The molecule has 8 atom stereocenters. The van der Waals surface area contributed by atoms with Crippen LogP contribution in [0.15, 0.2) is 11.6 Å². The van der Waals surface area contributed by atoms with Crippen LogP contribution in [-0.2, 0) is 0 Å². The molecular weight excluding hydrogens is 342 g/mol. The van der Waals surface area contributed by atoms with Crippen molar-refractivity contribution in [2.75, 3.05) is 19.6 Å². The highest BCUT2D eigenvalue weighted by molar-refractivity contribution is 5.25. The number of rotatable bonds is 3. The minimum atomic E-state index is -0.0768. The Hall–Kier alpha value is -0.340. The molecule has 158 valence electrons. The van der Waals surface area contributed by atoms with Crippen LogP contribution >= 0.6 is 0 Å². The minimum absolute atomic E-state index is 0.0768. The van der Waals surface area contributed by atoms with E-state index in [4.69, 9.17) is 0 Å². The van der Waals surface area contributed by atoms with Gasteiger partial charge in [0.25, 0.3) is 0 Å². The van der Waals surface area contributed by atoms with Crippen molar-refractivity contribution in [2.24, 2.45) is 40.4 Å². The fourth-order valence-electron chi connectivity index (χ4n) is 9.12. The lowest BCUT2D eigenvalue weighted by Crippen LogP contribution is -2.51. The van der Waals surface area contributed by atoms with E-state index < -0.39 is 0 Å². The molecule has 0 spiro atoms. The second kappa shape index (κ2) is 7.12. The van der Waals surface area contributed by atoms with E-state index in [-0.39, 0.29) is 6.10 Å². The Morgan fingerprint density at radius 2 is 1.86 bits per heavy atom. The Bertz CT molecular complexity index is 622. The summed E-state index contributed by atoms with van der Waals surface area (Å²) in [6.45, 7) is 11.9. The standard InChI is InChI=1S/C26H43NO/c1-18(17-27-14-4-5-15-27)22-8-9-23-21-7-6-19-16-20(28)10-12-25(19,2)24(21)11-13-26(22,23)3/h6,18,20-24,28H,4-5,7-17H2,1-3H3/t18-,20+,21+,22-,23+,24+,25+,26-/m1/s1. The predicted octanol–water partition coefficient (Wildman–Crippen LogP) is 5.66. The molecule has 0 bridgehead atoms. The number of hydrogen-bond acceptors (Lipinski definition) is 2. The number of nitrogens with zero attached hydrogens (tertiary/aromatic N) is 1. The summed E-state index contributed by atoms with van der Waals surface area (Å²) in [6, 6.07) is 0. The minimum Gasteiger partial charge on any atom is -0.393 e. The quantitative estimate of drug-likeness (QED) is 0.634. The third-order valence-electron chi connectivity index (χ3n) is 10.6. The van der Waals surface area contributed by atoms with Crippen molar-refractivity contribution in [1.82, 2.24) is 4.90 Å². The van der Waals surface area contributed by atoms with Gasteiger partial charge in [-0.25, -0.2) is 0 Å². The molecule has 5 rings (SSSR count). The molecule has 1 N–H and O–H groups in total. The molecule has 2 heteroatoms. The number of aliphatic hydroxyl groups excluding tert-OH is 1. The van der Waals surface area contributed by atoms with Crippen molar-refractivity contribution in [3.8, 4) is 0 Å². The number of hydrogen-bond donors (Lipinski definition) is 1. The zero-order valence-corrected chi connectivity index (χ0v) is 18.6. The highest BCUT2D eigenvalue weighted by atomic mass is 16.3. The SMILES string of the molecule is C[C@H](CN1CCCC1)[C@H]1CC[C@H]2[C@@H]3CC=C4C[C@@H](O)CC[C@]4(C)[C@H]3CC[C@]12C. The van der Waals surface area contributed by atoms with Gasteiger partial charge in [0.05, 0.1) is 6.10 Å². The first-order valence-electron chi connectivity index (χ1n) is 12.5. The van der Waals surface area contributed by atoms with E-state index in [0.717, 1.165) is 42.4 Å². The molecule has 1 heterocycles. The Labute approximate surface area is 173 Å². The molecule has 0 unspecified atom stereocenters. The zero-order valence-electron chi connectivity index (χ0n) is 18.6. The number of allylic oxidation sites excluding steroid dienone is 1. The van der Waals surface area contributed by atoms with Gasteiger partial charge < -0.3 is 10.0 Å². The molecule has 1 aliphatic heterocycles. The third-order valence-corrected chi connectivity index (χ3v) is 10.6. The number of fused-ring (bicyclic) bond motifs is 5. The number of likely N-dealkylation sites (tertiary alicyclic amines) is 1. The smallest absolute Gasteiger partial charge is 0.0577 e. The van der Waals surface area contributed by atoms with E-state index in [0.29, 0.717) is 10.8 Å². The van der Waals surface area contributed by atoms with Crippen molar-refractivity contribution >= 4 is 0 Å². The highest BCUT2D eigenvalue weighted by Gasteiger charge is 2.59. The average Bonchev–Trinajstić information content (AvgIpc) is 3.29. The maximum atomic E-state index is 10.2. The molecule has 0 amide bonds. The molecule has 4 fully saturated rings. The van der Waals surface area contributed by atoms with Gasteiger partial charge in [-0.3, -0.25) is 0 Å². The van der Waals surface area contributed by atoms with Gasteiger partial charge in [0.15, 0.2) is 0 Å². The summed E-state index contributed by atoms with van der Waals surface area (Å²) >= 11 is 0. The van der Waals surface area contributed by atoms with Gasteiger partial charge in [-0.05, 0) is 118 Å². The van der Waals surface area contributed by atoms with Crippen molar-refractivity contribution in [2.45, 2.75) is 91.1 Å². The Kier molecular flexibility index (Phi) is 4.99. The van der Waals surface area contributed by atoms with Gasteiger partial charge >= 0.3 is 0 Å². The topological polar surface area (TPSA) is 23.5 Å². The largest absolute Gasteiger partial charge is 0.393 e. The van der Waals surface area contributed by atoms with Crippen molar-refractivity contribution in [3.63, 3.8) is 0 Å². The molecule has 0 aromatic heterocycles. The first-order valence-corrected chi connectivity index (χ1v) is 12.5. The van der Waals surface area contributed by atoms with E-state index >= 15 is 0 Å². The maximum absolute atomic E-state index is 10.2. The summed E-state index contributed by atoms with van der Waals surface area (Å²) in [5, 5.41) is 10.2. The molecule has 0 aromatic rings. The summed E-state index contributed by atoms with van der Waals surface area (Å²) in [7, 11) is 0. The lowest BCUT2D eigenvalue weighted by atomic mass is 9.47. The fourth-order valence-corrected chi connectivity index (χ4v) is 9.12. The van der Waals surface area contributed by atoms with Crippen LogP contribution in [0.4, 0.5) is 0 Å². The Balaban J connectivity index is 1.35. The summed E-state index contributed by atoms with van der Waals surface area (Å²) in [5.41, 5.74) is 2.59. The zero-order chi connectivity index (χ0) is 19.5. The summed E-state index contributed by atoms with van der Waals surface area (Å²) in [6.07, 6.45) is 15.7. The van der Waals surface area contributed by atoms with Crippen molar-refractivity contribution in [1.29, 1.82) is 0 Å². The van der Waals surface area contributed by atoms with Crippen LogP contribution < -0.4 is 0 Å². The monoisotopic (exact) mass is 385 g/mol. The van der Waals surface area contributed by atoms with E-state index in [9.17, 15) is 5.11 Å². The second-order valence-corrected chi connectivity index (χ2v) is 11.9. The van der Waals surface area contributed by atoms with Gasteiger partial charge in [-0.1, -0.05) is 32.4 Å². The van der Waals surface area contributed by atoms with Gasteiger partial charge in [-0.15, -0.1) is 0 Å². The van der Waals surface area contributed by atoms with Crippen LogP contribution in [0.5, 0.6) is 0 Å². The van der Waals surface area contributed by atoms with E-state index in [2.05, 4.69) is 31.7 Å². The van der Waals surface area contributed by atoms with Crippen molar-refractivity contribution < 1.29 is 5.11 Å². The highest BCUT2D eigenvalue weighted by Crippen LogP contribution is 2.67. The Morgan fingerprint density at radius 3 is 2.64 bits per heavy atom. The second-order valence-electron chi connectivity index (χ2n) is 11.9. The molecule has 28 heavy (non-hydrogen) atoms. The normalized spacial score (nSPS) is 49.9. The van der Waals surface area contributed by atoms with Gasteiger partial charge in [-0.2, -0.15) is 0 Å². The number of aliphatic hydroxyl groups is 1.